The van der Waals surface area contributed by atoms with Crippen LogP contribution in [0.4, 0.5) is 13.6 Å². The molecule has 23 heavy (non-hydrogen) atoms. The number of urea groups is 1. The van der Waals surface area contributed by atoms with E-state index >= 15 is 0 Å². The molecule has 1 aliphatic carbocycles. The van der Waals surface area contributed by atoms with Crippen LogP contribution >= 0.6 is 0 Å². The molecule has 7 heteroatoms. The topological polar surface area (TPSA) is 69.6 Å². The number of carbonyl (C=O) groups excluding carboxylic acids is 1. The van der Waals surface area contributed by atoms with Crippen molar-refractivity contribution in [3.05, 3.63) is 34.9 Å². The molecule has 1 unspecified atom stereocenters. The smallest absolute Gasteiger partial charge is 0.317 e. The Hall–Kier alpha value is -2.18. The molecule has 2 N–H and O–H groups in total. The number of carboxylic acids is 1. The first-order chi connectivity index (χ1) is 10.8. The van der Waals surface area contributed by atoms with Gasteiger partial charge in [-0.25, -0.2) is 13.6 Å². The summed E-state index contributed by atoms with van der Waals surface area (Å²) in [5.74, 6) is -2.95. The first-order valence-electron chi connectivity index (χ1n) is 7.51. The summed E-state index contributed by atoms with van der Waals surface area (Å²) < 4.78 is 27.3. The molecular weight excluding hydrogens is 306 g/mol. The Morgan fingerprint density at radius 3 is 2.78 bits per heavy atom. The van der Waals surface area contributed by atoms with Crippen LogP contribution in [0.1, 0.15) is 36.9 Å². The highest BCUT2D eigenvalue weighted by Gasteiger charge is 2.26. The predicted octanol–water partition coefficient (Wildman–Crippen LogP) is 2.70. The van der Waals surface area contributed by atoms with Crippen molar-refractivity contribution in [2.75, 3.05) is 13.6 Å². The van der Waals surface area contributed by atoms with E-state index in [2.05, 4.69) is 5.32 Å². The highest BCUT2D eigenvalue weighted by atomic mass is 19.1. The Bertz CT molecular complexity index is 622. The molecule has 0 spiro atoms. The lowest BCUT2D eigenvalue weighted by Gasteiger charge is -2.29. The molecule has 2 rings (SSSR count). The Morgan fingerprint density at radius 2 is 2.13 bits per heavy atom. The third-order valence-electron chi connectivity index (χ3n) is 4.10. The number of halogens is 2. The summed E-state index contributed by atoms with van der Waals surface area (Å²) in [6.07, 6.45) is 1.79. The molecule has 0 radical (unpaired) electrons. The highest BCUT2D eigenvalue weighted by molar-refractivity contribution is 5.76. The molecule has 1 aliphatic rings. The first kappa shape index (κ1) is 17.2. The van der Waals surface area contributed by atoms with Crippen LogP contribution in [-0.4, -0.2) is 35.6 Å². The van der Waals surface area contributed by atoms with Crippen molar-refractivity contribution in [1.29, 1.82) is 0 Å². The van der Waals surface area contributed by atoms with Gasteiger partial charge in [-0.15, -0.1) is 0 Å². The monoisotopic (exact) mass is 326 g/mol. The molecule has 0 fully saturated rings. The molecule has 2 amide bonds. The zero-order valence-corrected chi connectivity index (χ0v) is 13.1. The van der Waals surface area contributed by atoms with Crippen molar-refractivity contribution >= 4 is 12.0 Å². The Labute approximate surface area is 133 Å². The van der Waals surface area contributed by atoms with E-state index in [0.717, 1.165) is 6.07 Å². The number of nitrogens with one attached hydrogen (secondary N) is 1. The molecule has 1 aromatic rings. The second kappa shape index (κ2) is 6.93. The highest BCUT2D eigenvalue weighted by Crippen LogP contribution is 2.32. The largest absolute Gasteiger partial charge is 0.481 e. The Balaban J connectivity index is 2.10. The fourth-order valence-corrected chi connectivity index (χ4v) is 2.82. The van der Waals surface area contributed by atoms with Gasteiger partial charge in [-0.05, 0) is 36.5 Å². The lowest BCUT2D eigenvalue weighted by Crippen LogP contribution is -2.43. The summed E-state index contributed by atoms with van der Waals surface area (Å²) in [4.78, 5) is 24.3. The number of hydrogen-bond donors (Lipinski definition) is 2. The molecule has 0 saturated heterocycles. The number of nitrogens with zero attached hydrogens (tertiary/aromatic N) is 1. The van der Waals surface area contributed by atoms with Crippen LogP contribution in [-0.2, 0) is 11.2 Å². The number of carbonyl (C=O) groups is 2. The van der Waals surface area contributed by atoms with E-state index in [0.29, 0.717) is 30.4 Å². The van der Waals surface area contributed by atoms with Gasteiger partial charge in [0.2, 0.25) is 0 Å². The number of fused-ring (bicyclic) bond motifs is 1. The standard InChI is InChI=1S/C16H20F2N2O3/c1-9(15(21)22)8-20(2)16(23)19-14-5-3-4-11-12(14)6-10(17)7-13(11)18/h6-7,9,14H,3-5,8H2,1-2H3,(H,19,23)(H,21,22)/t9?,14-/m1/s1. The van der Waals surface area contributed by atoms with E-state index in [-0.39, 0.29) is 6.54 Å². The summed E-state index contributed by atoms with van der Waals surface area (Å²) >= 11 is 0. The third-order valence-corrected chi connectivity index (χ3v) is 4.10. The molecule has 0 aliphatic heterocycles. The molecule has 0 bridgehead atoms. The maximum Gasteiger partial charge on any atom is 0.317 e. The fraction of sp³-hybridized carbons (Fsp3) is 0.500. The summed E-state index contributed by atoms with van der Waals surface area (Å²) in [7, 11) is 1.49. The summed E-state index contributed by atoms with van der Waals surface area (Å²) in [6.45, 7) is 1.56. The van der Waals surface area contributed by atoms with Crippen molar-refractivity contribution in [3.8, 4) is 0 Å². The van der Waals surface area contributed by atoms with Crippen LogP contribution in [0.25, 0.3) is 0 Å². The zero-order chi connectivity index (χ0) is 17.1. The van der Waals surface area contributed by atoms with Crippen molar-refractivity contribution < 1.29 is 23.5 Å². The maximum atomic E-state index is 13.8. The van der Waals surface area contributed by atoms with Crippen LogP contribution in [0.5, 0.6) is 0 Å². The number of aliphatic carboxylic acids is 1. The molecule has 1 aromatic carbocycles. The average molecular weight is 326 g/mol. The second-order valence-electron chi connectivity index (χ2n) is 5.97. The number of rotatable bonds is 4. The van der Waals surface area contributed by atoms with Crippen molar-refractivity contribution in [3.63, 3.8) is 0 Å². The van der Waals surface area contributed by atoms with Gasteiger partial charge < -0.3 is 15.3 Å². The van der Waals surface area contributed by atoms with Crippen molar-refractivity contribution in [2.24, 2.45) is 5.92 Å². The minimum absolute atomic E-state index is 0.0538. The van der Waals surface area contributed by atoms with Gasteiger partial charge in [0.05, 0.1) is 12.0 Å². The van der Waals surface area contributed by atoms with Gasteiger partial charge >= 0.3 is 12.0 Å². The van der Waals surface area contributed by atoms with Gasteiger partial charge in [0.1, 0.15) is 11.6 Å². The Kier molecular flexibility index (Phi) is 5.18. The van der Waals surface area contributed by atoms with Gasteiger partial charge in [-0.2, -0.15) is 0 Å². The minimum Gasteiger partial charge on any atom is -0.481 e. The summed E-state index contributed by atoms with van der Waals surface area (Å²) in [5, 5.41) is 11.6. The van der Waals surface area contributed by atoms with Gasteiger partial charge in [-0.1, -0.05) is 6.92 Å². The van der Waals surface area contributed by atoms with E-state index in [1.165, 1.54) is 24.9 Å². The lowest BCUT2D eigenvalue weighted by molar-refractivity contribution is -0.141. The van der Waals surface area contributed by atoms with E-state index < -0.39 is 35.6 Å². The number of benzene rings is 1. The maximum absolute atomic E-state index is 13.8. The zero-order valence-electron chi connectivity index (χ0n) is 13.1. The van der Waals surface area contributed by atoms with E-state index in [1.807, 2.05) is 0 Å². The second-order valence-corrected chi connectivity index (χ2v) is 5.97. The lowest BCUT2D eigenvalue weighted by atomic mass is 9.87. The number of amides is 2. The molecule has 0 saturated carbocycles. The average Bonchev–Trinajstić information content (AvgIpc) is 2.47. The molecule has 2 atom stereocenters. The van der Waals surface area contributed by atoms with Crippen LogP contribution in [0.3, 0.4) is 0 Å². The number of hydrogen-bond acceptors (Lipinski definition) is 2. The van der Waals surface area contributed by atoms with Crippen molar-refractivity contribution in [2.45, 2.75) is 32.2 Å². The van der Waals surface area contributed by atoms with Crippen LogP contribution in [0.15, 0.2) is 12.1 Å². The quantitative estimate of drug-likeness (QED) is 0.894. The predicted molar refractivity (Wildman–Crippen MR) is 80.0 cm³/mol. The summed E-state index contributed by atoms with van der Waals surface area (Å²) in [5.41, 5.74) is 0.895. The molecule has 0 heterocycles. The van der Waals surface area contributed by atoms with E-state index in [1.54, 1.807) is 0 Å². The fourth-order valence-electron chi connectivity index (χ4n) is 2.82. The normalized spacial score (nSPS) is 18.0. The Morgan fingerprint density at radius 1 is 1.43 bits per heavy atom. The van der Waals surface area contributed by atoms with Crippen LogP contribution in [0, 0.1) is 17.6 Å². The third kappa shape index (κ3) is 3.97. The van der Waals surface area contributed by atoms with Crippen molar-refractivity contribution in [1.82, 2.24) is 10.2 Å². The SMILES string of the molecule is CC(CN(C)C(=O)N[C@@H]1CCCc2c(F)cc(F)cc21)C(=O)O. The van der Waals surface area contributed by atoms with Gasteiger partial charge in [0, 0.05) is 19.7 Å². The molecule has 126 valence electrons. The minimum atomic E-state index is -0.989. The van der Waals surface area contributed by atoms with Gasteiger partial charge in [-0.3, -0.25) is 4.79 Å². The number of carboxylic acid groups (broad SMARTS) is 1. The van der Waals surface area contributed by atoms with E-state index in [9.17, 15) is 18.4 Å². The summed E-state index contributed by atoms with van der Waals surface area (Å²) in [6, 6.07) is 1.17. The first-order valence-corrected chi connectivity index (χ1v) is 7.51. The van der Waals surface area contributed by atoms with Gasteiger partial charge in [0.25, 0.3) is 0 Å². The molecule has 5 nitrogen and oxygen atoms in total. The van der Waals surface area contributed by atoms with Gasteiger partial charge in [0.15, 0.2) is 0 Å². The van der Waals surface area contributed by atoms with Crippen LogP contribution in [0.2, 0.25) is 0 Å². The van der Waals surface area contributed by atoms with Crippen LogP contribution < -0.4 is 5.32 Å². The molecule has 0 aromatic heterocycles. The molecular formula is C16H20F2N2O3. The van der Waals surface area contributed by atoms with E-state index in [4.69, 9.17) is 5.11 Å².